The van der Waals surface area contributed by atoms with Crippen molar-refractivity contribution in [3.05, 3.63) is 27.1 Å². The van der Waals surface area contributed by atoms with Crippen molar-refractivity contribution in [2.24, 2.45) is 0 Å². The van der Waals surface area contributed by atoms with E-state index in [4.69, 9.17) is 4.74 Å². The van der Waals surface area contributed by atoms with Gasteiger partial charge in [-0.3, -0.25) is 0 Å². The number of hydrogen-bond donors (Lipinski definition) is 0. The Labute approximate surface area is 111 Å². The van der Waals surface area contributed by atoms with Crippen molar-refractivity contribution in [3.63, 3.8) is 0 Å². The third-order valence-electron chi connectivity index (χ3n) is 2.71. The molecule has 0 bridgehead atoms. The molecule has 1 aliphatic heterocycles. The maximum absolute atomic E-state index is 11.5. The van der Waals surface area contributed by atoms with Crippen LogP contribution in [-0.2, 0) is 9.53 Å². The Morgan fingerprint density at radius 2 is 2.25 bits per heavy atom. The van der Waals surface area contributed by atoms with E-state index in [9.17, 15) is 4.79 Å². The van der Waals surface area contributed by atoms with Gasteiger partial charge >= 0.3 is 5.97 Å². The zero-order valence-electron chi connectivity index (χ0n) is 8.74. The first kappa shape index (κ1) is 11.9. The van der Waals surface area contributed by atoms with Crippen molar-refractivity contribution in [1.29, 1.82) is 0 Å². The van der Waals surface area contributed by atoms with Gasteiger partial charge in [-0.2, -0.15) is 0 Å². The molecule has 0 aromatic heterocycles. The summed E-state index contributed by atoms with van der Waals surface area (Å²) in [5.41, 5.74) is 1.02. The lowest BCUT2D eigenvalue weighted by atomic mass is 10.0. The molecule has 5 heteroatoms. The molecule has 0 spiro atoms. The van der Waals surface area contributed by atoms with E-state index in [1.54, 1.807) is 0 Å². The monoisotopic (exact) mass is 347 g/mol. The molecule has 1 aromatic rings. The summed E-state index contributed by atoms with van der Waals surface area (Å²) >= 11 is 6.92. The fraction of sp³-hybridized carbons (Fsp3) is 0.364. The second-order valence-corrected chi connectivity index (χ2v) is 5.39. The van der Waals surface area contributed by atoms with Gasteiger partial charge in [-0.15, -0.1) is 0 Å². The Kier molecular flexibility index (Phi) is 3.54. The largest absolute Gasteiger partial charge is 0.467 e. The van der Waals surface area contributed by atoms with Crippen molar-refractivity contribution in [2.45, 2.75) is 12.5 Å². The molecule has 1 atom stereocenters. The molecule has 0 saturated carbocycles. The highest BCUT2D eigenvalue weighted by atomic mass is 79.9. The Bertz CT molecular complexity index is 422. The van der Waals surface area contributed by atoms with Crippen LogP contribution in [0.25, 0.3) is 0 Å². The highest BCUT2D eigenvalue weighted by Crippen LogP contribution is 2.35. The highest BCUT2D eigenvalue weighted by Gasteiger charge is 2.35. The van der Waals surface area contributed by atoms with Crippen LogP contribution in [0, 0.1) is 0 Å². The van der Waals surface area contributed by atoms with Gasteiger partial charge in [0.25, 0.3) is 0 Å². The minimum atomic E-state index is -0.168. The third-order valence-corrected chi connectivity index (χ3v) is 3.87. The Morgan fingerprint density at radius 3 is 2.81 bits per heavy atom. The molecule has 0 radical (unpaired) electrons. The lowest BCUT2D eigenvalue weighted by Crippen LogP contribution is -2.53. The first-order valence-corrected chi connectivity index (χ1v) is 6.51. The number of anilines is 1. The molecule has 0 amide bonds. The van der Waals surface area contributed by atoms with Crippen LogP contribution in [-0.4, -0.2) is 25.7 Å². The highest BCUT2D eigenvalue weighted by molar-refractivity contribution is 9.11. The molecule has 2 rings (SSSR count). The van der Waals surface area contributed by atoms with Crippen molar-refractivity contribution in [1.82, 2.24) is 0 Å². The lowest BCUT2D eigenvalue weighted by molar-refractivity contribution is -0.143. The topological polar surface area (TPSA) is 29.5 Å². The van der Waals surface area contributed by atoms with E-state index in [1.165, 1.54) is 7.11 Å². The van der Waals surface area contributed by atoms with Crippen molar-refractivity contribution >= 4 is 43.5 Å². The van der Waals surface area contributed by atoms with Gasteiger partial charge in [0.1, 0.15) is 6.04 Å². The summed E-state index contributed by atoms with van der Waals surface area (Å²) in [4.78, 5) is 13.5. The van der Waals surface area contributed by atoms with Crippen LogP contribution >= 0.6 is 31.9 Å². The molecule has 1 unspecified atom stereocenters. The SMILES string of the molecule is COC(=O)C1CCN1c1cc(Br)ccc1Br. The number of nitrogens with zero attached hydrogens (tertiary/aromatic N) is 1. The van der Waals surface area contributed by atoms with Crippen LogP contribution in [0.3, 0.4) is 0 Å². The number of carbonyl (C=O) groups excluding carboxylic acids is 1. The zero-order valence-corrected chi connectivity index (χ0v) is 11.9. The average Bonchev–Trinajstić information content (AvgIpc) is 2.21. The molecule has 1 saturated heterocycles. The molecule has 0 N–H and O–H groups in total. The standard InChI is InChI=1S/C11H11Br2NO2/c1-16-11(15)9-4-5-14(9)10-6-7(12)2-3-8(10)13/h2-3,6,9H,4-5H2,1H3. The Morgan fingerprint density at radius 1 is 1.50 bits per heavy atom. The third kappa shape index (κ3) is 2.11. The van der Waals surface area contributed by atoms with Crippen molar-refractivity contribution in [2.75, 3.05) is 18.6 Å². The molecule has 16 heavy (non-hydrogen) atoms. The molecule has 1 aromatic carbocycles. The first-order chi connectivity index (χ1) is 7.63. The number of halogens is 2. The molecular formula is C11H11Br2NO2. The lowest BCUT2D eigenvalue weighted by Gasteiger charge is -2.41. The van der Waals surface area contributed by atoms with Crippen LogP contribution in [0.15, 0.2) is 27.1 Å². The molecule has 1 heterocycles. The Balaban J connectivity index is 2.24. The van der Waals surface area contributed by atoms with Crippen molar-refractivity contribution in [3.8, 4) is 0 Å². The number of rotatable bonds is 2. The minimum absolute atomic E-state index is 0.143. The summed E-state index contributed by atoms with van der Waals surface area (Å²) < 4.78 is 6.76. The fourth-order valence-corrected chi connectivity index (χ4v) is 2.59. The number of methoxy groups -OCH3 is 1. The second-order valence-electron chi connectivity index (χ2n) is 3.62. The predicted octanol–water partition coefficient (Wildman–Crippen LogP) is 2.96. The fourth-order valence-electron chi connectivity index (χ4n) is 1.76. The van der Waals surface area contributed by atoms with Crippen LogP contribution < -0.4 is 4.90 Å². The van der Waals surface area contributed by atoms with Gasteiger partial charge in [0.05, 0.1) is 12.8 Å². The number of benzene rings is 1. The molecular weight excluding hydrogens is 338 g/mol. The van der Waals surface area contributed by atoms with Crippen LogP contribution in [0.5, 0.6) is 0 Å². The van der Waals surface area contributed by atoms with Crippen LogP contribution in [0.1, 0.15) is 6.42 Å². The van der Waals surface area contributed by atoms with E-state index in [-0.39, 0.29) is 12.0 Å². The second kappa shape index (κ2) is 4.75. The molecule has 86 valence electrons. The van der Waals surface area contributed by atoms with Gasteiger partial charge in [0.15, 0.2) is 0 Å². The molecule has 0 aliphatic carbocycles. The van der Waals surface area contributed by atoms with E-state index in [1.807, 2.05) is 23.1 Å². The van der Waals surface area contributed by atoms with Gasteiger partial charge in [0, 0.05) is 15.5 Å². The predicted molar refractivity (Wildman–Crippen MR) is 69.6 cm³/mol. The van der Waals surface area contributed by atoms with Gasteiger partial charge in [-0.05, 0) is 40.5 Å². The Hall–Kier alpha value is -0.550. The number of esters is 1. The molecule has 1 fully saturated rings. The number of ether oxygens (including phenoxy) is 1. The smallest absolute Gasteiger partial charge is 0.328 e. The normalized spacial score (nSPS) is 19.2. The van der Waals surface area contributed by atoms with Crippen molar-refractivity contribution < 1.29 is 9.53 Å². The molecule has 3 nitrogen and oxygen atoms in total. The van der Waals surface area contributed by atoms with Gasteiger partial charge in [-0.25, -0.2) is 4.79 Å². The summed E-state index contributed by atoms with van der Waals surface area (Å²) in [5, 5.41) is 0. The van der Waals surface area contributed by atoms with E-state index >= 15 is 0 Å². The van der Waals surface area contributed by atoms with Gasteiger partial charge in [-0.1, -0.05) is 15.9 Å². The zero-order chi connectivity index (χ0) is 11.7. The van der Waals surface area contributed by atoms with E-state index in [2.05, 4.69) is 31.9 Å². The van der Waals surface area contributed by atoms with Crippen LogP contribution in [0.4, 0.5) is 5.69 Å². The minimum Gasteiger partial charge on any atom is -0.467 e. The molecule has 1 aliphatic rings. The maximum atomic E-state index is 11.5. The van der Waals surface area contributed by atoms with E-state index in [0.29, 0.717) is 0 Å². The number of carbonyl (C=O) groups is 1. The summed E-state index contributed by atoms with van der Waals surface area (Å²) in [5.74, 6) is -0.168. The summed E-state index contributed by atoms with van der Waals surface area (Å²) in [6.45, 7) is 0.884. The average molecular weight is 349 g/mol. The maximum Gasteiger partial charge on any atom is 0.328 e. The van der Waals surface area contributed by atoms with Gasteiger partial charge < -0.3 is 9.64 Å². The number of hydrogen-bond acceptors (Lipinski definition) is 3. The quantitative estimate of drug-likeness (QED) is 0.769. The first-order valence-electron chi connectivity index (χ1n) is 4.93. The van der Waals surface area contributed by atoms with E-state index in [0.717, 1.165) is 27.6 Å². The van der Waals surface area contributed by atoms with Gasteiger partial charge in [0.2, 0.25) is 0 Å². The summed E-state index contributed by atoms with van der Waals surface area (Å²) in [6, 6.07) is 5.78. The van der Waals surface area contributed by atoms with Crippen LogP contribution in [0.2, 0.25) is 0 Å². The summed E-state index contributed by atoms with van der Waals surface area (Å²) in [7, 11) is 1.43. The summed E-state index contributed by atoms with van der Waals surface area (Å²) in [6.07, 6.45) is 0.853. The van der Waals surface area contributed by atoms with E-state index < -0.39 is 0 Å².